The maximum Gasteiger partial charge on any atom is 0.167 e. The monoisotopic (exact) mass is 284 g/mol. The number of rotatable bonds is 4. The van der Waals surface area contributed by atoms with Crippen molar-refractivity contribution in [2.24, 2.45) is 10.7 Å². The number of aliphatic imine (C=N–C) groups is 1. The van der Waals surface area contributed by atoms with Crippen LogP contribution < -0.4 is 10.5 Å². The van der Waals surface area contributed by atoms with Crippen molar-refractivity contribution < 1.29 is 9.13 Å². The van der Waals surface area contributed by atoms with Gasteiger partial charge in [-0.25, -0.2) is 9.38 Å². The van der Waals surface area contributed by atoms with E-state index in [4.69, 9.17) is 22.1 Å². The maximum atomic E-state index is 13.9. The third kappa shape index (κ3) is 4.10. The average Bonchev–Trinajstić information content (AvgIpc) is 2.43. The third-order valence-electron chi connectivity index (χ3n) is 3.17. The molecule has 0 spiro atoms. The van der Waals surface area contributed by atoms with Crippen molar-refractivity contribution in [3.63, 3.8) is 0 Å². The molecule has 0 amide bonds. The molecule has 1 fully saturated rings. The Morgan fingerprint density at radius 2 is 2.11 bits per heavy atom. The number of alkyl halides is 1. The zero-order chi connectivity index (χ0) is 13.7. The molecule has 0 radical (unpaired) electrons. The summed E-state index contributed by atoms with van der Waals surface area (Å²) in [6, 6.07) is 4.60. The summed E-state index contributed by atoms with van der Waals surface area (Å²) >= 11 is 5.53. The normalized spacial score (nSPS) is 17.5. The zero-order valence-corrected chi connectivity index (χ0v) is 11.5. The zero-order valence-electron chi connectivity index (χ0n) is 10.7. The number of benzene rings is 1. The quantitative estimate of drug-likeness (QED) is 0.520. The number of ether oxygens (including phenoxy) is 1. The molecule has 2 rings (SSSR count). The first-order chi connectivity index (χ1) is 9.19. The number of halogens is 2. The van der Waals surface area contributed by atoms with Crippen LogP contribution in [0.2, 0.25) is 0 Å². The second kappa shape index (κ2) is 6.75. The lowest BCUT2D eigenvalue weighted by Crippen LogP contribution is -2.20. The summed E-state index contributed by atoms with van der Waals surface area (Å²) in [7, 11) is 0. The fourth-order valence-electron chi connectivity index (χ4n) is 2.21. The van der Waals surface area contributed by atoms with Gasteiger partial charge >= 0.3 is 0 Å². The molecule has 1 saturated carbocycles. The number of nitrogens with two attached hydrogens (primary N) is 1. The summed E-state index contributed by atoms with van der Waals surface area (Å²) in [5.41, 5.74) is 5.96. The van der Waals surface area contributed by atoms with E-state index in [1.54, 1.807) is 12.1 Å². The van der Waals surface area contributed by atoms with E-state index in [1.807, 2.05) is 0 Å². The lowest BCUT2D eigenvalue weighted by molar-refractivity contribution is 0.149. The third-order valence-corrected chi connectivity index (χ3v) is 3.44. The van der Waals surface area contributed by atoms with Crippen molar-refractivity contribution in [2.45, 2.75) is 38.2 Å². The van der Waals surface area contributed by atoms with E-state index in [1.165, 1.54) is 12.5 Å². The molecule has 0 heterocycles. The molecular weight excluding hydrogens is 267 g/mol. The highest BCUT2D eigenvalue weighted by molar-refractivity contribution is 6.28. The van der Waals surface area contributed by atoms with E-state index in [2.05, 4.69) is 4.99 Å². The van der Waals surface area contributed by atoms with Crippen LogP contribution in [0.5, 0.6) is 5.75 Å². The van der Waals surface area contributed by atoms with Crippen molar-refractivity contribution in [1.29, 1.82) is 0 Å². The largest absolute Gasteiger partial charge is 0.487 e. The highest BCUT2D eigenvalue weighted by Crippen LogP contribution is 2.27. The molecule has 3 nitrogen and oxygen atoms in total. The summed E-state index contributed by atoms with van der Waals surface area (Å²) in [6.07, 6.45) is 5.68. The van der Waals surface area contributed by atoms with E-state index in [9.17, 15) is 4.39 Å². The first-order valence-electron chi connectivity index (χ1n) is 6.54. The molecule has 1 aliphatic rings. The van der Waals surface area contributed by atoms with Gasteiger partial charge in [0.2, 0.25) is 0 Å². The summed E-state index contributed by atoms with van der Waals surface area (Å²) in [6.45, 7) is 0. The molecule has 1 aromatic rings. The van der Waals surface area contributed by atoms with Crippen molar-refractivity contribution in [2.75, 3.05) is 5.88 Å². The fourth-order valence-corrected chi connectivity index (χ4v) is 2.27. The minimum atomic E-state index is -0.408. The number of hydrogen-bond donors (Lipinski definition) is 1. The molecule has 1 aromatic carbocycles. The molecule has 0 saturated heterocycles. The molecule has 0 atom stereocenters. The van der Waals surface area contributed by atoms with E-state index in [0.717, 1.165) is 25.7 Å². The van der Waals surface area contributed by atoms with Crippen LogP contribution in [0, 0.1) is 5.82 Å². The van der Waals surface area contributed by atoms with Crippen LogP contribution in [0.15, 0.2) is 23.2 Å². The molecule has 0 bridgehead atoms. The van der Waals surface area contributed by atoms with Gasteiger partial charge in [0.15, 0.2) is 11.6 Å². The fraction of sp³-hybridized carbons (Fsp3) is 0.500. The van der Waals surface area contributed by atoms with E-state index in [-0.39, 0.29) is 23.6 Å². The van der Waals surface area contributed by atoms with Gasteiger partial charge in [0.05, 0.1) is 17.7 Å². The topological polar surface area (TPSA) is 47.6 Å². The molecule has 0 unspecified atom stereocenters. The lowest BCUT2D eigenvalue weighted by atomic mass is 9.98. The van der Waals surface area contributed by atoms with E-state index < -0.39 is 5.82 Å². The molecule has 5 heteroatoms. The van der Waals surface area contributed by atoms with Crippen LogP contribution in [0.1, 0.15) is 32.1 Å². The van der Waals surface area contributed by atoms with Gasteiger partial charge in [-0.1, -0.05) is 6.42 Å². The Balaban J connectivity index is 2.06. The van der Waals surface area contributed by atoms with Crippen molar-refractivity contribution >= 4 is 23.1 Å². The number of nitrogens with zero attached hydrogens (tertiary/aromatic N) is 1. The molecule has 19 heavy (non-hydrogen) atoms. The van der Waals surface area contributed by atoms with Crippen LogP contribution in [-0.4, -0.2) is 17.8 Å². The molecule has 1 aliphatic carbocycles. The second-order valence-corrected chi connectivity index (χ2v) is 5.00. The number of hydrogen-bond acceptors (Lipinski definition) is 2. The molecule has 104 valence electrons. The highest BCUT2D eigenvalue weighted by Gasteiger charge is 2.16. The van der Waals surface area contributed by atoms with Gasteiger partial charge in [-0.2, -0.15) is 0 Å². The van der Waals surface area contributed by atoms with Crippen molar-refractivity contribution in [1.82, 2.24) is 0 Å². The molecule has 2 N–H and O–H groups in total. The SMILES string of the molecule is NC(CCl)=Nc1ccc(OC2CCCCC2)c(F)c1. The van der Waals surface area contributed by atoms with Crippen LogP contribution in [0.3, 0.4) is 0 Å². The minimum absolute atomic E-state index is 0.127. The van der Waals surface area contributed by atoms with Gasteiger partial charge in [0, 0.05) is 6.07 Å². The smallest absolute Gasteiger partial charge is 0.167 e. The molecule has 0 aromatic heterocycles. The average molecular weight is 285 g/mol. The van der Waals surface area contributed by atoms with Crippen LogP contribution in [-0.2, 0) is 0 Å². The van der Waals surface area contributed by atoms with Crippen molar-refractivity contribution in [3.8, 4) is 5.75 Å². The summed E-state index contributed by atoms with van der Waals surface area (Å²) in [4.78, 5) is 3.99. The predicted octanol–water partition coefficient (Wildman–Crippen LogP) is 3.76. The van der Waals surface area contributed by atoms with Gasteiger partial charge in [-0.3, -0.25) is 0 Å². The van der Waals surface area contributed by atoms with E-state index in [0.29, 0.717) is 5.69 Å². The number of amidine groups is 1. The molecular formula is C14H18ClFN2O. The predicted molar refractivity (Wildman–Crippen MR) is 75.9 cm³/mol. The first kappa shape index (κ1) is 14.1. The summed E-state index contributed by atoms with van der Waals surface area (Å²) in [5.74, 6) is 0.272. The Kier molecular flexibility index (Phi) is 5.02. The Labute approximate surface area is 117 Å². The highest BCUT2D eigenvalue weighted by atomic mass is 35.5. The standard InChI is InChI=1S/C14H18ClFN2O/c15-9-14(17)18-10-6-7-13(12(16)8-10)19-11-4-2-1-3-5-11/h6-8,11H,1-5,9H2,(H2,17,18). The minimum Gasteiger partial charge on any atom is -0.487 e. The Morgan fingerprint density at radius 3 is 2.74 bits per heavy atom. The van der Waals surface area contributed by atoms with Crippen LogP contribution in [0.25, 0.3) is 0 Å². The maximum absolute atomic E-state index is 13.9. The van der Waals surface area contributed by atoms with Gasteiger partial charge < -0.3 is 10.5 Å². The van der Waals surface area contributed by atoms with Gasteiger partial charge in [0.1, 0.15) is 5.84 Å². The molecule has 0 aliphatic heterocycles. The van der Waals surface area contributed by atoms with Gasteiger partial charge in [-0.05, 0) is 37.8 Å². The Morgan fingerprint density at radius 1 is 1.37 bits per heavy atom. The lowest BCUT2D eigenvalue weighted by Gasteiger charge is -2.23. The van der Waals surface area contributed by atoms with E-state index >= 15 is 0 Å². The summed E-state index contributed by atoms with van der Waals surface area (Å²) in [5, 5.41) is 0. The van der Waals surface area contributed by atoms with Crippen LogP contribution in [0.4, 0.5) is 10.1 Å². The van der Waals surface area contributed by atoms with Crippen molar-refractivity contribution in [3.05, 3.63) is 24.0 Å². The van der Waals surface area contributed by atoms with Gasteiger partial charge in [-0.15, -0.1) is 11.6 Å². The summed E-state index contributed by atoms with van der Waals surface area (Å²) < 4.78 is 19.6. The van der Waals surface area contributed by atoms with Gasteiger partial charge in [0.25, 0.3) is 0 Å². The Hall–Kier alpha value is -1.29. The van der Waals surface area contributed by atoms with Crippen LogP contribution >= 0.6 is 11.6 Å². The first-order valence-corrected chi connectivity index (χ1v) is 7.07. The second-order valence-electron chi connectivity index (χ2n) is 4.73. The Bertz CT molecular complexity index is 459.